The third-order valence-electron chi connectivity index (χ3n) is 3.36. The van der Waals surface area contributed by atoms with E-state index in [0.717, 1.165) is 27.2 Å². The molecule has 0 aliphatic heterocycles. The molecule has 130 valence electrons. The van der Waals surface area contributed by atoms with Gasteiger partial charge < -0.3 is 15.4 Å². The van der Waals surface area contributed by atoms with Gasteiger partial charge in [0.25, 0.3) is 0 Å². The van der Waals surface area contributed by atoms with E-state index < -0.39 is 0 Å². The van der Waals surface area contributed by atoms with Gasteiger partial charge in [0, 0.05) is 12.6 Å². The molecular weight excluding hydrogens is 344 g/mol. The van der Waals surface area contributed by atoms with E-state index in [4.69, 9.17) is 4.74 Å². The molecule has 0 saturated carbocycles. The monoisotopic (exact) mass is 366 g/mol. The maximum atomic E-state index is 11.8. The number of nitrogens with zero attached hydrogens (tertiary/aromatic N) is 2. The molecule has 2 rings (SSSR count). The summed E-state index contributed by atoms with van der Waals surface area (Å²) in [4.78, 5) is 11.8. The minimum absolute atomic E-state index is 0.0253. The van der Waals surface area contributed by atoms with Crippen LogP contribution in [-0.4, -0.2) is 35.0 Å². The molecule has 1 atom stereocenters. The van der Waals surface area contributed by atoms with Gasteiger partial charge in [-0.05, 0) is 31.0 Å². The van der Waals surface area contributed by atoms with Crippen LogP contribution in [0.15, 0.2) is 28.6 Å². The number of nitrogens with one attached hydrogen (secondary N) is 2. The Balaban J connectivity index is 1.77. The maximum absolute atomic E-state index is 11.8. The van der Waals surface area contributed by atoms with Gasteiger partial charge in [-0.25, -0.2) is 0 Å². The van der Waals surface area contributed by atoms with Crippen molar-refractivity contribution in [3.05, 3.63) is 29.8 Å². The Morgan fingerprint density at radius 3 is 2.75 bits per heavy atom. The van der Waals surface area contributed by atoms with Crippen molar-refractivity contribution in [1.82, 2.24) is 15.5 Å². The molecule has 1 amide bonds. The first-order chi connectivity index (χ1) is 11.6. The number of rotatable bonds is 9. The van der Waals surface area contributed by atoms with Crippen LogP contribution >= 0.6 is 23.1 Å². The zero-order chi connectivity index (χ0) is 17.4. The van der Waals surface area contributed by atoms with Gasteiger partial charge in [0.1, 0.15) is 5.75 Å². The van der Waals surface area contributed by atoms with E-state index in [1.165, 1.54) is 23.1 Å². The van der Waals surface area contributed by atoms with Crippen molar-refractivity contribution in [2.45, 2.75) is 37.2 Å². The number of methoxy groups -OCH3 is 1. The van der Waals surface area contributed by atoms with Gasteiger partial charge in [0.15, 0.2) is 4.34 Å². The molecule has 1 heterocycles. The quantitative estimate of drug-likeness (QED) is 0.664. The first kappa shape index (κ1) is 18.5. The van der Waals surface area contributed by atoms with E-state index in [0.29, 0.717) is 12.3 Å². The molecule has 0 radical (unpaired) electrons. The van der Waals surface area contributed by atoms with Gasteiger partial charge in [-0.2, -0.15) is 0 Å². The second-order valence-corrected chi connectivity index (χ2v) is 7.44. The van der Waals surface area contributed by atoms with E-state index in [1.54, 1.807) is 7.11 Å². The summed E-state index contributed by atoms with van der Waals surface area (Å²) in [5.74, 6) is 1.22. The lowest BCUT2D eigenvalue weighted by Crippen LogP contribution is -2.33. The summed E-state index contributed by atoms with van der Waals surface area (Å²) in [5, 5.41) is 15.1. The highest BCUT2D eigenvalue weighted by Gasteiger charge is 2.09. The summed E-state index contributed by atoms with van der Waals surface area (Å²) in [6, 6.07) is 8.06. The molecule has 1 aromatic heterocycles. The molecule has 24 heavy (non-hydrogen) atoms. The van der Waals surface area contributed by atoms with Crippen molar-refractivity contribution >= 4 is 34.1 Å². The van der Waals surface area contributed by atoms with Gasteiger partial charge in [-0.3, -0.25) is 4.79 Å². The number of anilines is 1. The molecule has 0 aliphatic rings. The Kier molecular flexibility index (Phi) is 7.33. The topological polar surface area (TPSA) is 76.1 Å². The number of aromatic nitrogens is 2. The molecule has 0 aliphatic carbocycles. The number of thioether (sulfide) groups is 1. The third kappa shape index (κ3) is 6.01. The lowest BCUT2D eigenvalue weighted by Gasteiger charge is -2.09. The first-order valence-electron chi connectivity index (χ1n) is 7.73. The van der Waals surface area contributed by atoms with Crippen LogP contribution in [-0.2, 0) is 11.3 Å². The van der Waals surface area contributed by atoms with Gasteiger partial charge in [0.2, 0.25) is 11.0 Å². The van der Waals surface area contributed by atoms with Crippen molar-refractivity contribution in [3.8, 4) is 5.75 Å². The molecule has 0 spiro atoms. The van der Waals surface area contributed by atoms with Crippen molar-refractivity contribution < 1.29 is 9.53 Å². The second kappa shape index (κ2) is 9.48. The Labute approximate surface area is 150 Å². The predicted molar refractivity (Wildman–Crippen MR) is 98.8 cm³/mol. The zero-order valence-corrected chi connectivity index (χ0v) is 15.7. The third-order valence-corrected chi connectivity index (χ3v) is 5.37. The number of hydrogen-bond acceptors (Lipinski definition) is 7. The van der Waals surface area contributed by atoms with Crippen LogP contribution in [0.4, 0.5) is 5.13 Å². The summed E-state index contributed by atoms with van der Waals surface area (Å²) in [6.45, 7) is 4.70. The highest BCUT2D eigenvalue weighted by atomic mass is 32.2. The summed E-state index contributed by atoms with van der Waals surface area (Å²) in [7, 11) is 1.65. The Hall–Kier alpha value is -1.80. The van der Waals surface area contributed by atoms with E-state index in [2.05, 4.69) is 20.8 Å². The Morgan fingerprint density at radius 2 is 2.08 bits per heavy atom. The fourth-order valence-corrected chi connectivity index (χ4v) is 3.37. The van der Waals surface area contributed by atoms with Crippen LogP contribution in [0.25, 0.3) is 0 Å². The molecule has 0 fully saturated rings. The van der Waals surface area contributed by atoms with E-state index in [1.807, 2.05) is 38.1 Å². The van der Waals surface area contributed by atoms with E-state index in [-0.39, 0.29) is 11.9 Å². The van der Waals surface area contributed by atoms with Crippen LogP contribution in [0.5, 0.6) is 5.75 Å². The molecule has 2 aromatic rings. The number of hydrogen-bond donors (Lipinski definition) is 2. The van der Waals surface area contributed by atoms with Gasteiger partial charge in [0.05, 0.1) is 12.9 Å². The zero-order valence-electron chi connectivity index (χ0n) is 14.0. The van der Waals surface area contributed by atoms with E-state index in [9.17, 15) is 4.79 Å². The van der Waals surface area contributed by atoms with Crippen LogP contribution in [0.2, 0.25) is 0 Å². The smallest absolute Gasteiger partial charge is 0.230 e. The highest BCUT2D eigenvalue weighted by molar-refractivity contribution is 8.01. The van der Waals surface area contributed by atoms with Gasteiger partial charge >= 0.3 is 0 Å². The Bertz CT molecular complexity index is 646. The van der Waals surface area contributed by atoms with Crippen LogP contribution in [0.1, 0.15) is 25.8 Å². The molecule has 0 bridgehead atoms. The lowest BCUT2D eigenvalue weighted by molar-refractivity contribution is -0.119. The minimum Gasteiger partial charge on any atom is -0.497 e. The predicted octanol–water partition coefficient (Wildman–Crippen LogP) is 3.17. The number of amides is 1. The van der Waals surface area contributed by atoms with Crippen molar-refractivity contribution in [2.75, 3.05) is 18.2 Å². The number of ether oxygens (including phenoxy) is 1. The first-order valence-corrected chi connectivity index (χ1v) is 9.53. The molecule has 1 aromatic carbocycles. The lowest BCUT2D eigenvalue weighted by atomic mass is 10.2. The molecular formula is C16H22N4O2S2. The largest absolute Gasteiger partial charge is 0.497 e. The summed E-state index contributed by atoms with van der Waals surface area (Å²) >= 11 is 2.86. The number of benzene rings is 1. The molecule has 2 N–H and O–H groups in total. The average Bonchev–Trinajstić information content (AvgIpc) is 3.06. The normalized spacial score (nSPS) is 11.8. The van der Waals surface area contributed by atoms with Crippen LogP contribution in [0.3, 0.4) is 0 Å². The van der Waals surface area contributed by atoms with Crippen LogP contribution in [0, 0.1) is 0 Å². The number of carbonyl (C=O) groups excluding carboxylic acids is 1. The highest BCUT2D eigenvalue weighted by Crippen LogP contribution is 2.25. The van der Waals surface area contributed by atoms with Gasteiger partial charge in [-0.15, -0.1) is 10.2 Å². The summed E-state index contributed by atoms with van der Waals surface area (Å²) < 4.78 is 5.92. The second-order valence-electron chi connectivity index (χ2n) is 5.24. The molecule has 0 saturated heterocycles. The SMILES string of the molecule is CC[C@H](C)NC(=O)CSc1nnc(NCc2ccc(OC)cc2)s1. The van der Waals surface area contributed by atoms with Crippen molar-refractivity contribution in [3.63, 3.8) is 0 Å². The standard InChI is InChI=1S/C16H22N4O2S2/c1-4-11(2)18-14(21)10-23-16-20-19-15(24-16)17-9-12-5-7-13(22-3)8-6-12/h5-8,11H,4,9-10H2,1-3H3,(H,17,19)(H,18,21)/t11-/m0/s1. The molecule has 6 nitrogen and oxygen atoms in total. The van der Waals surface area contributed by atoms with Crippen molar-refractivity contribution in [1.29, 1.82) is 0 Å². The minimum atomic E-state index is 0.0253. The van der Waals surface area contributed by atoms with Crippen LogP contribution < -0.4 is 15.4 Å². The van der Waals surface area contributed by atoms with Gasteiger partial charge in [-0.1, -0.05) is 42.2 Å². The van der Waals surface area contributed by atoms with Crippen molar-refractivity contribution in [2.24, 2.45) is 0 Å². The maximum Gasteiger partial charge on any atom is 0.230 e. The number of carbonyl (C=O) groups is 1. The summed E-state index contributed by atoms with van der Waals surface area (Å²) in [6.07, 6.45) is 0.925. The average molecular weight is 367 g/mol. The molecule has 0 unspecified atom stereocenters. The molecule has 8 heteroatoms. The van der Waals surface area contributed by atoms with E-state index >= 15 is 0 Å². The summed E-state index contributed by atoms with van der Waals surface area (Å²) in [5.41, 5.74) is 1.13. The Morgan fingerprint density at radius 1 is 1.33 bits per heavy atom. The fraction of sp³-hybridized carbons (Fsp3) is 0.438. The fourth-order valence-electron chi connectivity index (χ4n) is 1.81.